The zero-order valence-electron chi connectivity index (χ0n) is 13.0. The van der Waals surface area contributed by atoms with Crippen LogP contribution in [0, 0.1) is 0 Å². The van der Waals surface area contributed by atoms with Gasteiger partial charge in [0, 0.05) is 12.5 Å². The molecule has 0 atom stereocenters. The normalized spacial score (nSPS) is 11.0. The van der Waals surface area contributed by atoms with Gasteiger partial charge in [0.15, 0.2) is 0 Å². The molecule has 0 aliphatic rings. The highest BCUT2D eigenvalue weighted by Gasteiger charge is 2.04. The fraction of sp³-hybridized carbons (Fsp3) is 0.158. The van der Waals surface area contributed by atoms with Gasteiger partial charge >= 0.3 is 0 Å². The number of nitrogens with zero attached hydrogens (tertiary/aromatic N) is 2. The predicted octanol–water partition coefficient (Wildman–Crippen LogP) is 4.03. The van der Waals surface area contributed by atoms with Crippen LogP contribution in [0.25, 0.3) is 12.2 Å². The Hall–Kier alpha value is -2.88. The van der Waals surface area contributed by atoms with Crippen LogP contribution in [0.15, 0.2) is 59.0 Å². The summed E-state index contributed by atoms with van der Waals surface area (Å²) in [7, 11) is 1.65. The molecule has 0 bridgehead atoms. The molecule has 0 saturated carbocycles. The third-order valence-corrected chi connectivity index (χ3v) is 3.49. The molecule has 116 valence electrons. The van der Waals surface area contributed by atoms with Gasteiger partial charge in [-0.2, -0.15) is 0 Å². The summed E-state index contributed by atoms with van der Waals surface area (Å²) < 4.78 is 10.8. The molecule has 0 N–H and O–H groups in total. The lowest BCUT2D eigenvalue weighted by molar-refractivity contribution is 0.415. The van der Waals surface area contributed by atoms with Crippen LogP contribution in [-0.4, -0.2) is 17.3 Å². The van der Waals surface area contributed by atoms with Crippen molar-refractivity contribution in [3.63, 3.8) is 0 Å². The molecule has 0 saturated heterocycles. The minimum absolute atomic E-state index is 0.517. The number of hydrogen-bond donors (Lipinski definition) is 0. The topological polar surface area (TPSA) is 48.2 Å². The van der Waals surface area contributed by atoms with Crippen molar-refractivity contribution in [3.8, 4) is 5.75 Å². The van der Waals surface area contributed by atoms with Crippen molar-refractivity contribution in [1.29, 1.82) is 0 Å². The molecule has 0 aliphatic heterocycles. The zero-order chi connectivity index (χ0) is 15.9. The maximum absolute atomic E-state index is 5.64. The standard InChI is InChI=1S/C19H18N2O2/c1-22-17-11-7-16(8-12-17)10-14-19-21-20-18(23-19)13-9-15-5-3-2-4-6-15/h2-8,10-12,14H,9,13H2,1H3. The van der Waals surface area contributed by atoms with Crippen molar-refractivity contribution in [2.24, 2.45) is 0 Å². The summed E-state index contributed by atoms with van der Waals surface area (Å²) >= 11 is 0. The number of benzene rings is 2. The quantitative estimate of drug-likeness (QED) is 0.690. The number of methoxy groups -OCH3 is 1. The Morgan fingerprint density at radius 3 is 2.43 bits per heavy atom. The molecule has 1 aromatic heterocycles. The van der Waals surface area contributed by atoms with Crippen molar-refractivity contribution in [3.05, 3.63) is 77.5 Å². The SMILES string of the molecule is COc1ccc(C=Cc2nnc(CCc3ccccc3)o2)cc1. The van der Waals surface area contributed by atoms with Gasteiger partial charge in [-0.25, -0.2) is 0 Å². The highest BCUT2D eigenvalue weighted by molar-refractivity contribution is 5.66. The molecule has 0 fully saturated rings. The summed E-state index contributed by atoms with van der Waals surface area (Å²) in [6.07, 6.45) is 5.40. The highest BCUT2D eigenvalue weighted by Crippen LogP contribution is 2.14. The van der Waals surface area contributed by atoms with E-state index < -0.39 is 0 Å². The Labute approximate surface area is 135 Å². The smallest absolute Gasteiger partial charge is 0.240 e. The Kier molecular flexibility index (Phi) is 4.84. The Morgan fingerprint density at radius 1 is 0.913 bits per heavy atom. The number of aryl methyl sites for hydroxylation is 2. The van der Waals surface area contributed by atoms with Crippen LogP contribution >= 0.6 is 0 Å². The average Bonchev–Trinajstić information content (AvgIpc) is 3.07. The largest absolute Gasteiger partial charge is 0.497 e. The molecule has 0 aliphatic carbocycles. The van der Waals surface area contributed by atoms with Gasteiger partial charge in [-0.1, -0.05) is 42.5 Å². The molecule has 0 unspecified atom stereocenters. The number of aromatic nitrogens is 2. The van der Waals surface area contributed by atoms with Gasteiger partial charge < -0.3 is 9.15 Å². The van der Waals surface area contributed by atoms with E-state index in [0.717, 1.165) is 24.2 Å². The molecule has 0 spiro atoms. The second-order valence-corrected chi connectivity index (χ2v) is 5.13. The Bertz CT molecular complexity index is 762. The summed E-state index contributed by atoms with van der Waals surface area (Å²) in [5, 5.41) is 8.13. The lowest BCUT2D eigenvalue weighted by atomic mass is 10.1. The average molecular weight is 306 g/mol. The van der Waals surface area contributed by atoms with Crippen molar-refractivity contribution < 1.29 is 9.15 Å². The van der Waals surface area contributed by atoms with Gasteiger partial charge in [0.05, 0.1) is 7.11 Å². The van der Waals surface area contributed by atoms with Crippen molar-refractivity contribution in [2.75, 3.05) is 7.11 Å². The van der Waals surface area contributed by atoms with Crippen LogP contribution in [0.1, 0.15) is 22.9 Å². The molecule has 0 amide bonds. The molecule has 3 rings (SSSR count). The lowest BCUT2D eigenvalue weighted by Crippen LogP contribution is -1.90. The first-order valence-corrected chi connectivity index (χ1v) is 7.52. The van der Waals surface area contributed by atoms with Gasteiger partial charge in [-0.15, -0.1) is 10.2 Å². The molecule has 4 nitrogen and oxygen atoms in total. The van der Waals surface area contributed by atoms with E-state index in [9.17, 15) is 0 Å². The first-order valence-electron chi connectivity index (χ1n) is 7.52. The van der Waals surface area contributed by atoms with E-state index in [1.165, 1.54) is 5.56 Å². The monoisotopic (exact) mass is 306 g/mol. The third-order valence-electron chi connectivity index (χ3n) is 3.49. The van der Waals surface area contributed by atoms with E-state index >= 15 is 0 Å². The number of hydrogen-bond acceptors (Lipinski definition) is 4. The van der Waals surface area contributed by atoms with Crippen LogP contribution < -0.4 is 4.74 Å². The first-order chi connectivity index (χ1) is 11.3. The van der Waals surface area contributed by atoms with E-state index in [1.54, 1.807) is 7.11 Å². The van der Waals surface area contributed by atoms with Crippen molar-refractivity contribution >= 4 is 12.2 Å². The zero-order valence-corrected chi connectivity index (χ0v) is 13.0. The predicted molar refractivity (Wildman–Crippen MR) is 90.1 cm³/mol. The second-order valence-electron chi connectivity index (χ2n) is 5.13. The van der Waals surface area contributed by atoms with Crippen LogP contribution in [0.3, 0.4) is 0 Å². The third kappa shape index (κ3) is 4.30. The number of rotatable bonds is 6. The van der Waals surface area contributed by atoms with Crippen LogP contribution in [-0.2, 0) is 12.8 Å². The molecule has 23 heavy (non-hydrogen) atoms. The fourth-order valence-corrected chi connectivity index (χ4v) is 2.21. The molecule has 1 heterocycles. The van der Waals surface area contributed by atoms with Gasteiger partial charge in [0.25, 0.3) is 0 Å². The molecule has 2 aromatic carbocycles. The second kappa shape index (κ2) is 7.40. The summed E-state index contributed by atoms with van der Waals surface area (Å²) in [5.74, 6) is 2.01. The van der Waals surface area contributed by atoms with E-state index in [0.29, 0.717) is 11.8 Å². The van der Waals surface area contributed by atoms with Gasteiger partial charge in [0.2, 0.25) is 11.8 Å². The molecular formula is C19H18N2O2. The summed E-state index contributed by atoms with van der Waals surface area (Å²) in [5.41, 5.74) is 2.32. The van der Waals surface area contributed by atoms with Gasteiger partial charge in [0.1, 0.15) is 5.75 Å². The molecule has 4 heteroatoms. The summed E-state index contributed by atoms with van der Waals surface area (Å²) in [4.78, 5) is 0. The van der Waals surface area contributed by atoms with E-state index in [-0.39, 0.29) is 0 Å². The minimum atomic E-state index is 0.517. The van der Waals surface area contributed by atoms with E-state index in [2.05, 4.69) is 22.3 Å². The van der Waals surface area contributed by atoms with Crippen LogP contribution in [0.2, 0.25) is 0 Å². The maximum Gasteiger partial charge on any atom is 0.240 e. The van der Waals surface area contributed by atoms with Crippen molar-refractivity contribution in [2.45, 2.75) is 12.8 Å². The van der Waals surface area contributed by atoms with Crippen molar-refractivity contribution in [1.82, 2.24) is 10.2 Å². The minimum Gasteiger partial charge on any atom is -0.497 e. The van der Waals surface area contributed by atoms with E-state index in [4.69, 9.17) is 9.15 Å². The Morgan fingerprint density at radius 2 is 1.70 bits per heavy atom. The summed E-state index contributed by atoms with van der Waals surface area (Å²) in [6.45, 7) is 0. The van der Waals surface area contributed by atoms with E-state index in [1.807, 2.05) is 54.6 Å². The molecular weight excluding hydrogens is 288 g/mol. The fourth-order valence-electron chi connectivity index (χ4n) is 2.21. The first kappa shape index (κ1) is 15.0. The summed E-state index contributed by atoms with van der Waals surface area (Å²) in [6, 6.07) is 18.1. The van der Waals surface area contributed by atoms with Gasteiger partial charge in [-0.05, 0) is 35.8 Å². The van der Waals surface area contributed by atoms with Crippen LogP contribution in [0.5, 0.6) is 5.75 Å². The maximum atomic E-state index is 5.64. The lowest BCUT2D eigenvalue weighted by Gasteiger charge is -1.98. The molecule has 0 radical (unpaired) electrons. The highest BCUT2D eigenvalue weighted by atomic mass is 16.5. The molecule has 3 aromatic rings. The Balaban J connectivity index is 1.59. The van der Waals surface area contributed by atoms with Crippen LogP contribution in [0.4, 0.5) is 0 Å². The van der Waals surface area contributed by atoms with Gasteiger partial charge in [-0.3, -0.25) is 0 Å². The number of ether oxygens (including phenoxy) is 1.